The molecule has 0 radical (unpaired) electrons. The summed E-state index contributed by atoms with van der Waals surface area (Å²) in [5.74, 6) is -5.05. The lowest BCUT2D eigenvalue weighted by Crippen LogP contribution is -2.38. The van der Waals surface area contributed by atoms with Gasteiger partial charge in [-0.1, -0.05) is 76.3 Å². The van der Waals surface area contributed by atoms with E-state index in [9.17, 15) is 48.6 Å². The van der Waals surface area contributed by atoms with Crippen molar-refractivity contribution in [1.82, 2.24) is 26.2 Å². The van der Waals surface area contributed by atoms with Gasteiger partial charge in [0.25, 0.3) is 11.8 Å². The van der Waals surface area contributed by atoms with Gasteiger partial charge in [0, 0.05) is 87.8 Å². The summed E-state index contributed by atoms with van der Waals surface area (Å²) in [6.45, 7) is 15.5. The number of nitrogens with one attached hydrogen (secondary N) is 4. The number of nitrogens with zero attached hydrogens (tertiary/aromatic N) is 1. The van der Waals surface area contributed by atoms with Crippen LogP contribution in [0, 0.1) is 23.7 Å². The Labute approximate surface area is 505 Å². The molecule has 23 heteroatoms. The van der Waals surface area contributed by atoms with E-state index < -0.39 is 108 Å². The number of hydrogen-bond donors (Lipinski definition) is 8. The molecule has 0 saturated carbocycles. The minimum Gasteiger partial charge on any atom is -0.439 e. The first-order valence-electron chi connectivity index (χ1n) is 29.0. The van der Waals surface area contributed by atoms with Crippen LogP contribution in [0.1, 0.15) is 93.9 Å². The molecule has 86 heavy (non-hydrogen) atoms. The van der Waals surface area contributed by atoms with Crippen LogP contribution >= 0.6 is 0 Å². The molecule has 474 valence electrons. The third-order valence-electron chi connectivity index (χ3n) is 15.6. The summed E-state index contributed by atoms with van der Waals surface area (Å²) in [5, 5.41) is 34.8. The van der Waals surface area contributed by atoms with E-state index in [4.69, 9.17) is 39.9 Å². The minimum absolute atomic E-state index is 0.0957. The molecule has 0 saturated heterocycles. The highest BCUT2D eigenvalue weighted by molar-refractivity contribution is 6.24. The van der Waals surface area contributed by atoms with Gasteiger partial charge in [-0.05, 0) is 109 Å². The van der Waals surface area contributed by atoms with Crippen LogP contribution in [0.5, 0.6) is 0 Å². The fourth-order valence-corrected chi connectivity index (χ4v) is 10.8. The highest BCUT2D eigenvalue weighted by atomic mass is 16.6. The zero-order valence-electron chi connectivity index (χ0n) is 52.0. The number of methoxy groups -OCH3 is 4. The van der Waals surface area contributed by atoms with Gasteiger partial charge in [0.15, 0.2) is 12.2 Å². The molecule has 0 fully saturated rings. The van der Waals surface area contributed by atoms with Crippen LogP contribution in [-0.2, 0) is 57.2 Å². The first-order valence-corrected chi connectivity index (χ1v) is 29.0. The van der Waals surface area contributed by atoms with Gasteiger partial charge < -0.3 is 76.3 Å². The van der Waals surface area contributed by atoms with Crippen molar-refractivity contribution in [2.45, 2.75) is 143 Å². The Morgan fingerprint density at radius 2 is 0.965 bits per heavy atom. The van der Waals surface area contributed by atoms with Crippen LogP contribution in [0.25, 0.3) is 0 Å². The second-order valence-corrected chi connectivity index (χ2v) is 22.7. The SMILES string of the molecule is CO[C@H]1/C=C\C=C(/C)C(=O)NC2=CC(=O)C(NCCCN(C)CCCNC3=C4C[C@@H](C)C[C@H](OC)[C@H](O)[C@@H](C)/C=C(\C)[C@H](OC(N)=O)[C@@H](OC)/C=C\C=C(/C)C(=O)NC(=CC3=O)C4=O)=C(C[C@@H](C)C[C@H](OC)[C@H](O)[C@@H](C)/C=C(\C)[C@@H]1OC(N)=O)C2=O. The van der Waals surface area contributed by atoms with Gasteiger partial charge in [0.2, 0.25) is 23.1 Å². The number of fused-ring (bicyclic) bond motifs is 4. The number of primary amides is 2. The molecule has 4 bridgehead atoms. The average Bonchev–Trinajstić information content (AvgIpc) is 1.50. The number of rotatable bonds is 16. The summed E-state index contributed by atoms with van der Waals surface area (Å²) in [6, 6.07) is 0. The van der Waals surface area contributed by atoms with Crippen LogP contribution in [0.2, 0.25) is 0 Å². The summed E-state index contributed by atoms with van der Waals surface area (Å²) < 4.78 is 33.7. The van der Waals surface area contributed by atoms with Crippen molar-refractivity contribution in [1.29, 1.82) is 0 Å². The van der Waals surface area contributed by atoms with Gasteiger partial charge in [0.05, 0.1) is 47.2 Å². The molecule has 2 aliphatic heterocycles. The van der Waals surface area contributed by atoms with Crippen LogP contribution < -0.4 is 32.7 Å². The van der Waals surface area contributed by atoms with Gasteiger partial charge in [-0.2, -0.15) is 0 Å². The Morgan fingerprint density at radius 3 is 1.29 bits per heavy atom. The highest BCUT2D eigenvalue weighted by Crippen LogP contribution is 2.31. The molecule has 0 aromatic heterocycles. The number of ether oxygens (including phenoxy) is 6. The number of hydrogen-bond acceptors (Lipinski definition) is 19. The summed E-state index contributed by atoms with van der Waals surface area (Å²) in [5.41, 5.74) is 12.5. The van der Waals surface area contributed by atoms with Crippen LogP contribution in [-0.4, -0.2) is 173 Å². The first kappa shape index (κ1) is 71.4. The van der Waals surface area contributed by atoms with Crippen molar-refractivity contribution in [2.24, 2.45) is 35.1 Å². The zero-order chi connectivity index (χ0) is 64.1. The number of allylic oxidation sites excluding steroid dienone is 8. The van der Waals surface area contributed by atoms with E-state index in [0.717, 1.165) is 12.2 Å². The second-order valence-electron chi connectivity index (χ2n) is 22.7. The van der Waals surface area contributed by atoms with E-state index in [1.165, 1.54) is 66.6 Å². The minimum atomic E-state index is -1.05. The third-order valence-corrected chi connectivity index (χ3v) is 15.6. The fourth-order valence-electron chi connectivity index (χ4n) is 10.8. The molecule has 0 unspecified atom stereocenters. The number of Topliss-reactive ketones (excluding diaryl/α,β-unsaturated/α-hetero) is 2. The Kier molecular flexibility index (Phi) is 28.4. The molecule has 2 aliphatic carbocycles. The van der Waals surface area contributed by atoms with E-state index in [1.807, 2.05) is 20.9 Å². The van der Waals surface area contributed by atoms with E-state index >= 15 is 0 Å². The largest absolute Gasteiger partial charge is 0.439 e. The number of carbonyl (C=O) groups excluding carboxylic acids is 8. The number of carbonyl (C=O) groups is 8. The molecule has 0 aromatic rings. The number of amides is 4. The topological polar surface area (TPSA) is 336 Å². The van der Waals surface area contributed by atoms with Crippen LogP contribution in [0.3, 0.4) is 0 Å². The third kappa shape index (κ3) is 20.5. The van der Waals surface area contributed by atoms with Crippen molar-refractivity contribution in [2.75, 3.05) is 61.7 Å². The lowest BCUT2D eigenvalue weighted by Gasteiger charge is -2.30. The van der Waals surface area contributed by atoms with Crippen molar-refractivity contribution >= 4 is 47.1 Å². The fraction of sp³-hybridized carbons (Fsp3) is 0.556. The molecule has 0 aromatic carbocycles. The van der Waals surface area contributed by atoms with Gasteiger partial charge in [-0.25, -0.2) is 9.59 Å². The van der Waals surface area contributed by atoms with Crippen molar-refractivity contribution in [3.63, 3.8) is 0 Å². The maximum atomic E-state index is 14.3. The van der Waals surface area contributed by atoms with Crippen LogP contribution in [0.4, 0.5) is 9.59 Å². The second kappa shape index (κ2) is 34.3. The van der Waals surface area contributed by atoms with Gasteiger partial charge in [-0.15, -0.1) is 0 Å². The van der Waals surface area contributed by atoms with Crippen molar-refractivity contribution in [3.8, 4) is 0 Å². The van der Waals surface area contributed by atoms with E-state index in [2.05, 4.69) is 26.2 Å². The van der Waals surface area contributed by atoms with Gasteiger partial charge in [0.1, 0.15) is 12.2 Å². The monoisotopic (exact) mass is 1200 g/mol. The Bertz CT molecular complexity index is 2640. The molecule has 4 aliphatic rings. The predicted molar refractivity (Wildman–Crippen MR) is 322 cm³/mol. The van der Waals surface area contributed by atoms with Crippen LogP contribution in [0.15, 0.2) is 117 Å². The summed E-state index contributed by atoms with van der Waals surface area (Å²) >= 11 is 0. The van der Waals surface area contributed by atoms with Crippen molar-refractivity contribution < 1.29 is 77.0 Å². The molecule has 12 atom stereocenters. The molecule has 23 nitrogen and oxygen atoms in total. The lowest BCUT2D eigenvalue weighted by molar-refractivity contribution is -0.120. The summed E-state index contributed by atoms with van der Waals surface area (Å²) in [7, 11) is 7.68. The molecular weight excluding hydrogens is 1110 g/mol. The number of ketones is 4. The maximum absolute atomic E-state index is 14.3. The zero-order valence-corrected chi connectivity index (χ0v) is 52.0. The highest BCUT2D eigenvalue weighted by Gasteiger charge is 2.36. The van der Waals surface area contributed by atoms with Crippen molar-refractivity contribution in [3.05, 3.63) is 117 Å². The smallest absolute Gasteiger partial charge is 0.405 e. The molecule has 4 amide bonds. The Balaban J connectivity index is 1.51. The standard InChI is InChI=1S/C63H91N7O16/c1-34-26-42-52(46(71)32-44(56(42)75)68-60(77)36(3)18-14-20-48(81-10)58(85-62(64)79)40(7)30-38(5)54(73)50(28-34)83-12)66-22-16-24-70(9)25-17-23-67-53-43-27-35(2)29-51(84-13)55(74)39(6)31-41(8)59(86-63(65)80)49(82-11)21-15-19-37(4)61(78)69-45(57(43)76)33-47(53)72/h14-15,18-21,30-35,38-39,48-51,54-55,58-59,66-67,73-74H,16-17,22-29H2,1-13H3,(H2,64,79)(H2,65,80)(H,68,77)(H,69,78)/b20-14-,21-15-,36-18+,37-19+,40-30+,41-31+/t34-,35-,38+,39+,48+,49+,50+,51+,54-,55-,58+,59+/m1/s1. The number of nitrogens with two attached hydrogens (primary N) is 2. The maximum Gasteiger partial charge on any atom is 0.405 e. The molecular formula is C63H91N7O16. The van der Waals surface area contributed by atoms with Gasteiger partial charge in [-0.3, -0.25) is 28.8 Å². The normalized spacial score (nSPS) is 31.5. The predicted octanol–water partition coefficient (Wildman–Crippen LogP) is 4.43. The van der Waals surface area contributed by atoms with E-state index in [-0.39, 0.29) is 82.6 Å². The summed E-state index contributed by atoms with van der Waals surface area (Å²) in [4.78, 5) is 109. The first-order chi connectivity index (χ1) is 40.6. The number of aliphatic hydroxyl groups is 2. The van der Waals surface area contributed by atoms with E-state index in [1.54, 1.807) is 52.0 Å². The van der Waals surface area contributed by atoms with E-state index in [0.29, 0.717) is 50.2 Å². The average molecular weight is 1200 g/mol. The molecule has 4 rings (SSSR count). The van der Waals surface area contributed by atoms with Gasteiger partial charge >= 0.3 is 12.2 Å². The lowest BCUT2D eigenvalue weighted by atomic mass is 9.85. The number of aliphatic hydroxyl groups excluding tert-OH is 2. The Hall–Kier alpha value is -7.12. The summed E-state index contributed by atoms with van der Waals surface area (Å²) in [6.07, 6.45) is 7.39. The Morgan fingerprint density at radius 1 is 0.605 bits per heavy atom. The molecule has 10 N–H and O–H groups in total. The molecule has 0 spiro atoms. The quantitative estimate of drug-likeness (QED) is 0.0602. The molecule has 2 heterocycles.